The van der Waals surface area contributed by atoms with Crippen LogP contribution in [0.1, 0.15) is 13.3 Å². The van der Waals surface area contributed by atoms with Gasteiger partial charge in [-0.1, -0.05) is 18.2 Å². The highest BCUT2D eigenvalue weighted by molar-refractivity contribution is 6.26. The van der Waals surface area contributed by atoms with Crippen LogP contribution < -0.4 is 0 Å². The molecule has 1 aliphatic heterocycles. The monoisotopic (exact) mass is 132 g/mol. The van der Waals surface area contributed by atoms with Gasteiger partial charge in [0.1, 0.15) is 0 Å². The molecule has 0 bridgehead atoms. The Morgan fingerprint density at radius 2 is 2.30 bits per heavy atom. The van der Waals surface area contributed by atoms with Gasteiger partial charge >= 0.3 is 0 Å². The maximum Gasteiger partial charge on any atom is 0.0759 e. The van der Waals surface area contributed by atoms with E-state index >= 15 is 0 Å². The lowest BCUT2D eigenvalue weighted by molar-refractivity contribution is 1.24. The van der Waals surface area contributed by atoms with Crippen LogP contribution in [-0.2, 0) is 0 Å². The predicted molar refractivity (Wildman–Crippen MR) is 42.4 cm³/mol. The quantitative estimate of drug-likeness (QED) is 0.479. The largest absolute Gasteiger partial charge is 0.155 e. The summed E-state index contributed by atoms with van der Waals surface area (Å²) >= 11 is 0. The van der Waals surface area contributed by atoms with Crippen LogP contribution in [-0.4, -0.2) is 11.4 Å². The smallest absolute Gasteiger partial charge is 0.0759 e. The van der Waals surface area contributed by atoms with Crippen LogP contribution in [0.2, 0.25) is 0 Å². The molecule has 10 heavy (non-hydrogen) atoms. The molecule has 1 heterocycles. The van der Waals surface area contributed by atoms with Crippen molar-refractivity contribution in [1.82, 2.24) is 0 Å². The normalized spacial score (nSPS) is 21.5. The molecule has 50 valence electrons. The number of allylic oxidation sites excluding steroid dienone is 4. The molecule has 0 radical (unpaired) electrons. The second kappa shape index (κ2) is 1.90. The van der Waals surface area contributed by atoms with Crippen LogP contribution in [0.25, 0.3) is 0 Å². The molecule has 1 aliphatic carbocycles. The fraction of sp³-hybridized carbons (Fsp3) is 0.250. The minimum Gasteiger partial charge on any atom is -0.155 e. The predicted octanol–water partition coefficient (Wildman–Crippen LogP) is 1.70. The van der Waals surface area contributed by atoms with Gasteiger partial charge in [0.25, 0.3) is 0 Å². The molecular weight excluding hydrogens is 124 g/mol. The van der Waals surface area contributed by atoms with E-state index in [1.165, 1.54) is 5.57 Å². The van der Waals surface area contributed by atoms with Gasteiger partial charge in [-0.3, -0.25) is 0 Å². The number of hydrogen-bond donors (Lipinski definition) is 0. The average molecular weight is 132 g/mol. The lowest BCUT2D eigenvalue weighted by Gasteiger charge is -2.02. The Bertz CT molecular complexity index is 280. The van der Waals surface area contributed by atoms with Gasteiger partial charge in [0, 0.05) is 12.0 Å². The molecule has 2 rings (SSSR count). The molecule has 0 N–H and O–H groups in total. The number of nitrogens with zero attached hydrogens (tertiary/aromatic N) is 2. The topological polar surface area (TPSA) is 24.7 Å². The van der Waals surface area contributed by atoms with Crippen LogP contribution >= 0.6 is 0 Å². The first-order chi connectivity index (χ1) is 4.88. The molecule has 0 amide bonds. The second-order valence-corrected chi connectivity index (χ2v) is 2.44. The minimum absolute atomic E-state index is 0.937. The Hall–Kier alpha value is -1.18. The Morgan fingerprint density at radius 3 is 3.10 bits per heavy atom. The van der Waals surface area contributed by atoms with E-state index < -0.39 is 0 Å². The van der Waals surface area contributed by atoms with Crippen molar-refractivity contribution in [3.8, 4) is 0 Å². The number of rotatable bonds is 0. The number of hydrogen-bond acceptors (Lipinski definition) is 2. The molecule has 0 spiro atoms. The summed E-state index contributed by atoms with van der Waals surface area (Å²) in [6.45, 7) is 1.99. The fourth-order valence-corrected chi connectivity index (χ4v) is 1.16. The Kier molecular flexibility index (Phi) is 1.07. The zero-order valence-electron chi connectivity index (χ0n) is 5.83. The first kappa shape index (κ1) is 5.59. The Morgan fingerprint density at radius 1 is 1.40 bits per heavy atom. The fourth-order valence-electron chi connectivity index (χ4n) is 1.16. The zero-order chi connectivity index (χ0) is 6.97. The third-order valence-electron chi connectivity index (χ3n) is 1.73. The van der Waals surface area contributed by atoms with Crippen LogP contribution in [0, 0.1) is 0 Å². The lowest BCUT2D eigenvalue weighted by Crippen LogP contribution is -2.05. The van der Waals surface area contributed by atoms with E-state index in [1.807, 2.05) is 6.92 Å². The molecule has 0 saturated carbocycles. The highest BCUT2D eigenvalue weighted by Gasteiger charge is 2.15. The molecule has 0 atom stereocenters. The van der Waals surface area contributed by atoms with Gasteiger partial charge in [0.05, 0.1) is 11.4 Å². The van der Waals surface area contributed by atoms with Crippen molar-refractivity contribution < 1.29 is 0 Å². The van der Waals surface area contributed by atoms with E-state index in [4.69, 9.17) is 0 Å². The van der Waals surface area contributed by atoms with Gasteiger partial charge in [-0.25, -0.2) is 0 Å². The highest BCUT2D eigenvalue weighted by Crippen LogP contribution is 2.16. The first-order valence-electron chi connectivity index (χ1n) is 3.36. The molecule has 0 saturated heterocycles. The van der Waals surface area contributed by atoms with Crippen molar-refractivity contribution in [3.05, 3.63) is 23.8 Å². The highest BCUT2D eigenvalue weighted by atomic mass is 15.2. The molecule has 2 aliphatic rings. The van der Waals surface area contributed by atoms with E-state index in [-0.39, 0.29) is 0 Å². The van der Waals surface area contributed by atoms with E-state index in [2.05, 4.69) is 28.4 Å². The SMILES string of the molecule is CC1=NN=C2CC=CC=C12. The Balaban J connectivity index is 2.46. The first-order valence-corrected chi connectivity index (χ1v) is 3.36. The summed E-state index contributed by atoms with van der Waals surface area (Å²) in [5.74, 6) is 0. The molecular formula is C8H8N2. The minimum atomic E-state index is 0.937. The van der Waals surface area contributed by atoms with Crippen molar-refractivity contribution in [2.24, 2.45) is 10.2 Å². The summed E-state index contributed by atoms with van der Waals surface area (Å²) in [6.07, 6.45) is 7.15. The summed E-state index contributed by atoms with van der Waals surface area (Å²) in [5.41, 5.74) is 3.36. The van der Waals surface area contributed by atoms with Crippen LogP contribution in [0.15, 0.2) is 34.0 Å². The van der Waals surface area contributed by atoms with Crippen LogP contribution in [0.4, 0.5) is 0 Å². The standard InChI is InChI=1S/C8H8N2/c1-6-7-4-2-3-5-8(7)10-9-6/h2-4H,5H2,1H3. The van der Waals surface area contributed by atoms with Crippen molar-refractivity contribution in [1.29, 1.82) is 0 Å². The summed E-state index contributed by atoms with van der Waals surface area (Å²) in [4.78, 5) is 0. The maximum absolute atomic E-state index is 4.02. The number of fused-ring (bicyclic) bond motifs is 1. The molecule has 0 aromatic heterocycles. The van der Waals surface area contributed by atoms with Crippen molar-refractivity contribution >= 4 is 11.4 Å². The summed E-state index contributed by atoms with van der Waals surface area (Å²) in [6, 6.07) is 0. The molecule has 2 heteroatoms. The Labute approximate surface area is 59.7 Å². The summed E-state index contributed by atoms with van der Waals surface area (Å²) in [5, 5.41) is 8.00. The van der Waals surface area contributed by atoms with E-state index in [9.17, 15) is 0 Å². The second-order valence-electron chi connectivity index (χ2n) is 2.44. The van der Waals surface area contributed by atoms with Gasteiger partial charge in [-0.2, -0.15) is 10.2 Å². The molecule has 0 aromatic rings. The van der Waals surface area contributed by atoms with Gasteiger partial charge in [-0.15, -0.1) is 0 Å². The van der Waals surface area contributed by atoms with Crippen LogP contribution in [0.5, 0.6) is 0 Å². The molecule has 0 fully saturated rings. The lowest BCUT2D eigenvalue weighted by atomic mass is 10.0. The zero-order valence-corrected chi connectivity index (χ0v) is 5.83. The van der Waals surface area contributed by atoms with E-state index in [0.717, 1.165) is 17.8 Å². The third kappa shape index (κ3) is 0.652. The third-order valence-corrected chi connectivity index (χ3v) is 1.73. The summed E-state index contributed by atoms with van der Waals surface area (Å²) < 4.78 is 0. The van der Waals surface area contributed by atoms with Crippen molar-refractivity contribution in [2.75, 3.05) is 0 Å². The van der Waals surface area contributed by atoms with Crippen molar-refractivity contribution in [3.63, 3.8) is 0 Å². The van der Waals surface area contributed by atoms with Gasteiger partial charge in [-0.05, 0) is 6.92 Å². The van der Waals surface area contributed by atoms with Crippen LogP contribution in [0.3, 0.4) is 0 Å². The molecule has 0 aromatic carbocycles. The molecule has 2 nitrogen and oxygen atoms in total. The van der Waals surface area contributed by atoms with Gasteiger partial charge in [0.15, 0.2) is 0 Å². The van der Waals surface area contributed by atoms with E-state index in [0.29, 0.717) is 0 Å². The maximum atomic E-state index is 4.02. The van der Waals surface area contributed by atoms with E-state index in [1.54, 1.807) is 0 Å². The van der Waals surface area contributed by atoms with Gasteiger partial charge in [0.2, 0.25) is 0 Å². The summed E-state index contributed by atoms with van der Waals surface area (Å²) in [7, 11) is 0. The average Bonchev–Trinajstić information content (AvgIpc) is 2.34. The van der Waals surface area contributed by atoms with Gasteiger partial charge < -0.3 is 0 Å². The molecule has 0 unspecified atom stereocenters. The van der Waals surface area contributed by atoms with Crippen molar-refractivity contribution in [2.45, 2.75) is 13.3 Å².